The summed E-state index contributed by atoms with van der Waals surface area (Å²) in [4.78, 5) is 0. The van der Waals surface area contributed by atoms with Crippen LogP contribution >= 0.6 is 0 Å². The molecule has 2 rings (SSSR count). The van der Waals surface area contributed by atoms with Gasteiger partial charge in [-0.05, 0) is 18.1 Å². The van der Waals surface area contributed by atoms with E-state index < -0.39 is 0 Å². The van der Waals surface area contributed by atoms with Crippen LogP contribution in [0.1, 0.15) is 16.8 Å². The molecule has 0 saturated heterocycles. The van der Waals surface area contributed by atoms with Gasteiger partial charge in [0.15, 0.2) is 0 Å². The van der Waals surface area contributed by atoms with Gasteiger partial charge in [-0.15, -0.1) is 0 Å². The third-order valence-electron chi connectivity index (χ3n) is 2.89. The molecule has 0 aliphatic carbocycles. The number of anilines is 1. The van der Waals surface area contributed by atoms with E-state index in [1.165, 1.54) is 11.1 Å². The first kappa shape index (κ1) is 12.6. The molecule has 18 heavy (non-hydrogen) atoms. The maximum atomic E-state index is 5.13. The van der Waals surface area contributed by atoms with Gasteiger partial charge in [-0.25, -0.2) is 0 Å². The molecule has 1 aromatic heterocycles. The molecule has 4 heteroatoms. The van der Waals surface area contributed by atoms with Crippen LogP contribution in [-0.4, -0.2) is 16.9 Å². The Morgan fingerprint density at radius 1 is 1.28 bits per heavy atom. The smallest absolute Gasteiger partial charge is 0.148 e. The Bertz CT molecular complexity index is 500. The molecule has 0 unspecified atom stereocenters. The Hall–Kier alpha value is -1.81. The molecule has 96 valence electrons. The lowest BCUT2D eigenvalue weighted by Gasteiger charge is -2.05. The number of benzene rings is 1. The largest absolute Gasteiger partial charge is 0.380 e. The number of nitrogens with one attached hydrogen (secondary N) is 1. The Morgan fingerprint density at radius 2 is 2.06 bits per heavy atom. The lowest BCUT2D eigenvalue weighted by Crippen LogP contribution is -2.01. The van der Waals surface area contributed by atoms with Crippen LogP contribution in [0, 0.1) is 6.92 Å². The normalized spacial score (nSPS) is 10.6. The number of hydrogen-bond donors (Lipinski definition) is 1. The fraction of sp³-hybridized carbons (Fsp3) is 0.357. The van der Waals surface area contributed by atoms with Crippen LogP contribution in [0.4, 0.5) is 5.82 Å². The molecule has 0 aliphatic heterocycles. The average molecular weight is 245 g/mol. The minimum Gasteiger partial charge on any atom is -0.380 e. The molecule has 1 N–H and O–H groups in total. The second-order valence-electron chi connectivity index (χ2n) is 4.40. The van der Waals surface area contributed by atoms with Crippen molar-refractivity contribution in [1.82, 2.24) is 9.78 Å². The molecule has 0 radical (unpaired) electrons. The topological polar surface area (TPSA) is 39.1 Å². The summed E-state index contributed by atoms with van der Waals surface area (Å²) in [6.07, 6.45) is 0. The Morgan fingerprint density at radius 3 is 2.72 bits per heavy atom. The molecule has 1 heterocycles. The molecule has 0 saturated carbocycles. The van der Waals surface area contributed by atoms with Crippen molar-refractivity contribution in [3.05, 3.63) is 47.2 Å². The molecular weight excluding hydrogens is 226 g/mol. The van der Waals surface area contributed by atoms with Crippen molar-refractivity contribution in [2.75, 3.05) is 12.4 Å². The number of aryl methyl sites for hydroxylation is 2. The van der Waals surface area contributed by atoms with Crippen molar-refractivity contribution in [3.63, 3.8) is 0 Å². The molecule has 0 amide bonds. The molecular formula is C14H19N3O. The van der Waals surface area contributed by atoms with E-state index in [1.807, 2.05) is 24.7 Å². The molecule has 0 spiro atoms. The Kier molecular flexibility index (Phi) is 3.99. The number of aromatic nitrogens is 2. The number of ether oxygens (including phenoxy) is 1. The monoisotopic (exact) mass is 245 g/mol. The third kappa shape index (κ3) is 3.11. The SMILES string of the molecule is COCc1cccc(CNc2cc(C)n(C)n2)c1. The Balaban J connectivity index is 1.99. The lowest BCUT2D eigenvalue weighted by atomic mass is 10.1. The van der Waals surface area contributed by atoms with Crippen molar-refractivity contribution < 1.29 is 4.74 Å². The zero-order chi connectivity index (χ0) is 13.0. The molecule has 4 nitrogen and oxygen atoms in total. The van der Waals surface area contributed by atoms with Gasteiger partial charge < -0.3 is 10.1 Å². The second kappa shape index (κ2) is 5.69. The van der Waals surface area contributed by atoms with Crippen molar-refractivity contribution in [1.29, 1.82) is 0 Å². The van der Waals surface area contributed by atoms with Gasteiger partial charge in [-0.1, -0.05) is 24.3 Å². The van der Waals surface area contributed by atoms with Gasteiger partial charge in [0.1, 0.15) is 5.82 Å². The van der Waals surface area contributed by atoms with E-state index >= 15 is 0 Å². The van der Waals surface area contributed by atoms with Crippen LogP contribution in [-0.2, 0) is 24.9 Å². The minimum atomic E-state index is 0.649. The fourth-order valence-corrected chi connectivity index (χ4v) is 1.84. The number of rotatable bonds is 5. The first-order valence-corrected chi connectivity index (χ1v) is 6.00. The van der Waals surface area contributed by atoms with Crippen molar-refractivity contribution >= 4 is 5.82 Å². The summed E-state index contributed by atoms with van der Waals surface area (Å²) in [6, 6.07) is 10.4. The van der Waals surface area contributed by atoms with Crippen LogP contribution < -0.4 is 5.32 Å². The summed E-state index contributed by atoms with van der Waals surface area (Å²) in [6.45, 7) is 3.46. The second-order valence-corrected chi connectivity index (χ2v) is 4.40. The van der Waals surface area contributed by atoms with Crippen LogP contribution in [0.3, 0.4) is 0 Å². The van der Waals surface area contributed by atoms with E-state index in [4.69, 9.17) is 4.74 Å². The molecule has 1 aromatic carbocycles. The molecule has 2 aromatic rings. The number of hydrogen-bond acceptors (Lipinski definition) is 3. The predicted molar refractivity (Wildman–Crippen MR) is 72.4 cm³/mol. The van der Waals surface area contributed by atoms with Gasteiger partial charge in [-0.2, -0.15) is 5.10 Å². The minimum absolute atomic E-state index is 0.649. The van der Waals surface area contributed by atoms with E-state index in [0.29, 0.717) is 6.61 Å². The van der Waals surface area contributed by atoms with E-state index in [2.05, 4.69) is 34.7 Å². The highest BCUT2D eigenvalue weighted by Crippen LogP contribution is 2.11. The summed E-state index contributed by atoms with van der Waals surface area (Å²) in [5.41, 5.74) is 3.56. The van der Waals surface area contributed by atoms with Crippen molar-refractivity contribution in [2.24, 2.45) is 7.05 Å². The summed E-state index contributed by atoms with van der Waals surface area (Å²) in [5, 5.41) is 7.68. The average Bonchev–Trinajstić information content (AvgIpc) is 2.67. The van der Waals surface area contributed by atoms with Gasteiger partial charge in [0.05, 0.1) is 6.61 Å². The third-order valence-corrected chi connectivity index (χ3v) is 2.89. The number of methoxy groups -OCH3 is 1. The van der Waals surface area contributed by atoms with E-state index in [9.17, 15) is 0 Å². The summed E-state index contributed by atoms with van der Waals surface area (Å²) in [5.74, 6) is 0.909. The summed E-state index contributed by atoms with van der Waals surface area (Å²) in [7, 11) is 3.65. The first-order chi connectivity index (χ1) is 8.69. The fourth-order valence-electron chi connectivity index (χ4n) is 1.84. The van der Waals surface area contributed by atoms with Crippen LogP contribution in [0.2, 0.25) is 0 Å². The highest BCUT2D eigenvalue weighted by atomic mass is 16.5. The summed E-state index contributed by atoms with van der Waals surface area (Å²) < 4.78 is 6.99. The first-order valence-electron chi connectivity index (χ1n) is 6.00. The van der Waals surface area contributed by atoms with Gasteiger partial charge in [-0.3, -0.25) is 4.68 Å². The highest BCUT2D eigenvalue weighted by molar-refractivity contribution is 5.37. The quantitative estimate of drug-likeness (QED) is 0.879. The van der Waals surface area contributed by atoms with Gasteiger partial charge in [0.25, 0.3) is 0 Å². The molecule has 0 aliphatic rings. The van der Waals surface area contributed by atoms with E-state index in [0.717, 1.165) is 18.1 Å². The predicted octanol–water partition coefficient (Wildman–Crippen LogP) is 2.49. The molecule has 0 fully saturated rings. The van der Waals surface area contributed by atoms with E-state index in [1.54, 1.807) is 7.11 Å². The van der Waals surface area contributed by atoms with Crippen molar-refractivity contribution in [2.45, 2.75) is 20.1 Å². The maximum absolute atomic E-state index is 5.13. The lowest BCUT2D eigenvalue weighted by molar-refractivity contribution is 0.185. The van der Waals surface area contributed by atoms with Crippen LogP contribution in [0.25, 0.3) is 0 Å². The maximum Gasteiger partial charge on any atom is 0.148 e. The zero-order valence-electron chi connectivity index (χ0n) is 11.1. The van der Waals surface area contributed by atoms with Gasteiger partial charge in [0, 0.05) is 32.5 Å². The van der Waals surface area contributed by atoms with Crippen LogP contribution in [0.15, 0.2) is 30.3 Å². The number of nitrogens with zero attached hydrogens (tertiary/aromatic N) is 2. The van der Waals surface area contributed by atoms with Crippen molar-refractivity contribution in [3.8, 4) is 0 Å². The van der Waals surface area contributed by atoms with E-state index in [-0.39, 0.29) is 0 Å². The Labute approximate surface area is 108 Å². The molecule has 0 bridgehead atoms. The highest BCUT2D eigenvalue weighted by Gasteiger charge is 2.01. The summed E-state index contributed by atoms with van der Waals surface area (Å²) >= 11 is 0. The van der Waals surface area contributed by atoms with Gasteiger partial charge >= 0.3 is 0 Å². The van der Waals surface area contributed by atoms with Crippen LogP contribution in [0.5, 0.6) is 0 Å². The standard InChI is InChI=1S/C14H19N3O/c1-11-7-14(16-17(11)2)15-9-12-5-4-6-13(8-12)10-18-3/h4-8H,9-10H2,1-3H3,(H,15,16). The zero-order valence-corrected chi connectivity index (χ0v) is 11.1. The molecule has 0 atom stereocenters. The van der Waals surface area contributed by atoms with Gasteiger partial charge in [0.2, 0.25) is 0 Å².